The van der Waals surface area contributed by atoms with Gasteiger partial charge >= 0.3 is 0 Å². The minimum Gasteiger partial charge on any atom is -0.438 e. The van der Waals surface area contributed by atoms with Crippen LogP contribution in [0.1, 0.15) is 19.4 Å². The zero-order valence-corrected chi connectivity index (χ0v) is 14.0. The summed E-state index contributed by atoms with van der Waals surface area (Å²) in [6.07, 6.45) is 1.55. The molecule has 112 valence electrons. The molecule has 0 spiro atoms. The summed E-state index contributed by atoms with van der Waals surface area (Å²) in [7, 11) is 0. The maximum Gasteiger partial charge on any atom is 0.219 e. The number of nitrogens with zero attached hydrogens (tertiary/aromatic N) is 1. The number of aromatic nitrogens is 1. The number of hydrogen-bond acceptors (Lipinski definition) is 3. The van der Waals surface area contributed by atoms with Crippen LogP contribution in [-0.4, -0.2) is 11.0 Å². The van der Waals surface area contributed by atoms with Crippen LogP contribution in [0.2, 0.25) is 5.02 Å². The average Bonchev–Trinajstić information content (AvgIpc) is 2.42. The zero-order valence-electron chi connectivity index (χ0n) is 11.7. The van der Waals surface area contributed by atoms with Crippen molar-refractivity contribution in [3.63, 3.8) is 0 Å². The Balaban J connectivity index is 2.18. The Morgan fingerprint density at radius 1 is 1.38 bits per heavy atom. The minimum absolute atomic E-state index is 0.333. The van der Waals surface area contributed by atoms with Gasteiger partial charge in [0, 0.05) is 24.8 Å². The van der Waals surface area contributed by atoms with E-state index in [-0.39, 0.29) is 5.82 Å². The molecule has 0 saturated heterocycles. The van der Waals surface area contributed by atoms with Gasteiger partial charge in [-0.25, -0.2) is 9.37 Å². The van der Waals surface area contributed by atoms with Crippen molar-refractivity contribution in [2.24, 2.45) is 0 Å². The lowest BCUT2D eigenvalue weighted by Gasteiger charge is -2.12. The monoisotopic (exact) mass is 372 g/mol. The summed E-state index contributed by atoms with van der Waals surface area (Å²) < 4.78 is 19.2. The minimum atomic E-state index is -0.333. The molecule has 2 rings (SSSR count). The first-order chi connectivity index (χ1) is 9.95. The summed E-state index contributed by atoms with van der Waals surface area (Å²) in [5, 5.41) is 3.86. The van der Waals surface area contributed by atoms with E-state index in [9.17, 15) is 4.39 Å². The maximum atomic E-state index is 13.1. The maximum absolute atomic E-state index is 13.1. The number of hydrogen-bond donors (Lipinski definition) is 1. The molecule has 1 aromatic heterocycles. The van der Waals surface area contributed by atoms with E-state index in [0.29, 0.717) is 33.7 Å². The highest BCUT2D eigenvalue weighted by Crippen LogP contribution is 2.30. The van der Waals surface area contributed by atoms with Gasteiger partial charge in [0.05, 0.1) is 9.50 Å². The van der Waals surface area contributed by atoms with Crippen LogP contribution in [0.4, 0.5) is 4.39 Å². The van der Waals surface area contributed by atoms with Crippen molar-refractivity contribution in [2.45, 2.75) is 26.4 Å². The second-order valence-electron chi connectivity index (χ2n) is 4.83. The first-order valence-corrected chi connectivity index (χ1v) is 7.63. The van der Waals surface area contributed by atoms with E-state index in [1.807, 2.05) is 0 Å². The Hall–Kier alpha value is -1.17. The largest absolute Gasteiger partial charge is 0.438 e. The molecule has 3 nitrogen and oxygen atoms in total. The van der Waals surface area contributed by atoms with Crippen LogP contribution in [0.25, 0.3) is 0 Å². The Labute approximate surface area is 136 Å². The Kier molecular flexibility index (Phi) is 5.56. The SMILES string of the molecule is CC(C)NCc1cc(Oc2ccc(F)cc2Br)ncc1Cl. The Morgan fingerprint density at radius 2 is 2.14 bits per heavy atom. The molecule has 0 atom stereocenters. The van der Waals surface area contributed by atoms with E-state index < -0.39 is 0 Å². The molecule has 0 aliphatic heterocycles. The van der Waals surface area contributed by atoms with Crippen molar-refractivity contribution in [3.8, 4) is 11.6 Å². The summed E-state index contributed by atoms with van der Waals surface area (Å²) in [5.41, 5.74) is 0.897. The molecule has 0 saturated carbocycles. The van der Waals surface area contributed by atoms with Gasteiger partial charge in [-0.05, 0) is 39.7 Å². The fourth-order valence-electron chi connectivity index (χ4n) is 1.63. The molecule has 0 radical (unpaired) electrons. The molecule has 0 aliphatic rings. The van der Waals surface area contributed by atoms with Crippen LogP contribution < -0.4 is 10.1 Å². The summed E-state index contributed by atoms with van der Waals surface area (Å²) in [5.74, 6) is 0.571. The van der Waals surface area contributed by atoms with Crippen LogP contribution in [0.3, 0.4) is 0 Å². The predicted molar refractivity (Wildman–Crippen MR) is 85.4 cm³/mol. The first kappa shape index (κ1) is 16.2. The van der Waals surface area contributed by atoms with Crippen LogP contribution in [0, 0.1) is 5.82 Å². The zero-order chi connectivity index (χ0) is 15.4. The smallest absolute Gasteiger partial charge is 0.219 e. The molecule has 0 fully saturated rings. The molecule has 0 amide bonds. The lowest BCUT2D eigenvalue weighted by molar-refractivity contribution is 0.456. The van der Waals surface area contributed by atoms with E-state index in [2.05, 4.69) is 40.1 Å². The number of halogens is 3. The summed E-state index contributed by atoms with van der Waals surface area (Å²) in [6.45, 7) is 4.74. The van der Waals surface area contributed by atoms with Gasteiger partial charge in [-0.2, -0.15) is 0 Å². The van der Waals surface area contributed by atoms with E-state index in [1.54, 1.807) is 18.3 Å². The van der Waals surface area contributed by atoms with Crippen molar-refractivity contribution in [2.75, 3.05) is 0 Å². The molecular weight excluding hydrogens is 359 g/mol. The first-order valence-electron chi connectivity index (χ1n) is 6.46. The van der Waals surface area contributed by atoms with Crippen molar-refractivity contribution < 1.29 is 9.13 Å². The summed E-state index contributed by atoms with van der Waals surface area (Å²) in [6, 6.07) is 6.34. The highest BCUT2D eigenvalue weighted by atomic mass is 79.9. The summed E-state index contributed by atoms with van der Waals surface area (Å²) in [4.78, 5) is 4.13. The van der Waals surface area contributed by atoms with Gasteiger partial charge in [0.1, 0.15) is 11.6 Å². The predicted octanol–water partition coefficient (Wildman–Crippen LogP) is 4.93. The van der Waals surface area contributed by atoms with Crippen molar-refractivity contribution in [1.82, 2.24) is 10.3 Å². The normalized spacial score (nSPS) is 11.0. The molecular formula is C15H15BrClFN2O. The molecule has 6 heteroatoms. The van der Waals surface area contributed by atoms with Crippen LogP contribution >= 0.6 is 27.5 Å². The van der Waals surface area contributed by atoms with Crippen molar-refractivity contribution >= 4 is 27.5 Å². The Bertz CT molecular complexity index is 637. The quantitative estimate of drug-likeness (QED) is 0.807. The summed E-state index contributed by atoms with van der Waals surface area (Å²) >= 11 is 9.37. The fraction of sp³-hybridized carbons (Fsp3) is 0.267. The third-order valence-electron chi connectivity index (χ3n) is 2.72. The number of benzene rings is 1. The second kappa shape index (κ2) is 7.20. The van der Waals surface area contributed by atoms with Crippen LogP contribution in [0.5, 0.6) is 11.6 Å². The third-order valence-corrected chi connectivity index (χ3v) is 3.68. The highest BCUT2D eigenvalue weighted by Gasteiger charge is 2.08. The highest BCUT2D eigenvalue weighted by molar-refractivity contribution is 9.10. The van der Waals surface area contributed by atoms with E-state index in [4.69, 9.17) is 16.3 Å². The van der Waals surface area contributed by atoms with Gasteiger partial charge in [0.2, 0.25) is 5.88 Å². The third kappa shape index (κ3) is 4.66. The molecule has 2 aromatic rings. The van der Waals surface area contributed by atoms with E-state index in [0.717, 1.165) is 5.56 Å². The van der Waals surface area contributed by atoms with Crippen LogP contribution in [-0.2, 0) is 6.54 Å². The van der Waals surface area contributed by atoms with Gasteiger partial charge < -0.3 is 10.1 Å². The number of ether oxygens (including phenoxy) is 1. The molecule has 1 aromatic carbocycles. The van der Waals surface area contributed by atoms with Crippen LogP contribution in [0.15, 0.2) is 34.9 Å². The molecule has 21 heavy (non-hydrogen) atoms. The van der Waals surface area contributed by atoms with E-state index in [1.165, 1.54) is 12.1 Å². The number of nitrogens with one attached hydrogen (secondary N) is 1. The van der Waals surface area contributed by atoms with Gasteiger partial charge in [-0.1, -0.05) is 25.4 Å². The molecule has 0 bridgehead atoms. The molecule has 0 aliphatic carbocycles. The topological polar surface area (TPSA) is 34.1 Å². The molecule has 1 heterocycles. The fourth-order valence-corrected chi connectivity index (χ4v) is 2.24. The van der Waals surface area contributed by atoms with Gasteiger partial charge in [-0.15, -0.1) is 0 Å². The average molecular weight is 374 g/mol. The number of pyridine rings is 1. The van der Waals surface area contributed by atoms with Gasteiger partial charge in [0.25, 0.3) is 0 Å². The lowest BCUT2D eigenvalue weighted by Crippen LogP contribution is -2.22. The van der Waals surface area contributed by atoms with E-state index >= 15 is 0 Å². The van der Waals surface area contributed by atoms with Gasteiger partial charge in [-0.3, -0.25) is 0 Å². The van der Waals surface area contributed by atoms with Crippen molar-refractivity contribution in [3.05, 3.63) is 51.3 Å². The molecule has 0 unspecified atom stereocenters. The second-order valence-corrected chi connectivity index (χ2v) is 6.09. The number of rotatable bonds is 5. The molecule has 1 N–H and O–H groups in total. The van der Waals surface area contributed by atoms with Gasteiger partial charge in [0.15, 0.2) is 0 Å². The standard InChI is InChI=1S/C15H15BrClFN2O/c1-9(2)19-7-10-5-15(20-8-13(10)17)21-14-4-3-11(18)6-12(14)16/h3-6,8-9,19H,7H2,1-2H3. The van der Waals surface area contributed by atoms with Crippen molar-refractivity contribution in [1.29, 1.82) is 0 Å². The lowest BCUT2D eigenvalue weighted by atomic mass is 10.2. The Morgan fingerprint density at radius 3 is 2.81 bits per heavy atom.